The molecule has 0 aromatic carbocycles. The molecule has 1 fully saturated rings. The molecule has 1 saturated carbocycles. The minimum Gasteiger partial charge on any atom is -0.314 e. The average molecular weight is 208 g/mol. The Morgan fingerprint density at radius 1 is 1.40 bits per heavy atom. The molecule has 2 nitrogen and oxygen atoms in total. The van der Waals surface area contributed by atoms with Gasteiger partial charge < -0.3 is 5.32 Å². The van der Waals surface area contributed by atoms with Crippen molar-refractivity contribution in [2.45, 2.75) is 58.9 Å². The first-order chi connectivity index (χ1) is 7.12. The van der Waals surface area contributed by atoms with Gasteiger partial charge >= 0.3 is 0 Å². The average Bonchev–Trinajstić information content (AvgIpc) is 2.96. The summed E-state index contributed by atoms with van der Waals surface area (Å²) in [4.78, 5) is 0. The molecule has 0 aromatic rings. The minimum atomic E-state index is 0.346. The Morgan fingerprint density at radius 3 is 2.53 bits per heavy atom. The molecule has 1 aliphatic rings. The zero-order valence-corrected chi connectivity index (χ0v) is 10.3. The van der Waals surface area contributed by atoms with E-state index in [9.17, 15) is 0 Å². The van der Waals surface area contributed by atoms with Crippen molar-refractivity contribution < 1.29 is 0 Å². The van der Waals surface area contributed by atoms with E-state index in [1.807, 2.05) is 0 Å². The molecule has 0 spiro atoms. The molecule has 15 heavy (non-hydrogen) atoms. The normalized spacial score (nSPS) is 21.7. The lowest BCUT2D eigenvalue weighted by atomic mass is 9.98. The SMILES string of the molecule is CCC(C)CC(C)NCC1(CC#N)CC1. The second-order valence-electron chi connectivity index (χ2n) is 5.37. The smallest absolute Gasteiger partial charge is 0.0628 e. The molecule has 0 aliphatic heterocycles. The summed E-state index contributed by atoms with van der Waals surface area (Å²) < 4.78 is 0. The van der Waals surface area contributed by atoms with Crippen LogP contribution in [0.3, 0.4) is 0 Å². The number of hydrogen-bond acceptors (Lipinski definition) is 2. The van der Waals surface area contributed by atoms with Gasteiger partial charge in [-0.05, 0) is 37.5 Å². The van der Waals surface area contributed by atoms with Gasteiger partial charge in [0.25, 0.3) is 0 Å². The lowest BCUT2D eigenvalue weighted by Gasteiger charge is -2.20. The van der Waals surface area contributed by atoms with Crippen LogP contribution in [0.15, 0.2) is 0 Å². The summed E-state index contributed by atoms with van der Waals surface area (Å²) in [5.74, 6) is 0.804. The zero-order chi connectivity index (χ0) is 11.3. The van der Waals surface area contributed by atoms with Crippen molar-refractivity contribution in [3.05, 3.63) is 0 Å². The first-order valence-electron chi connectivity index (χ1n) is 6.22. The summed E-state index contributed by atoms with van der Waals surface area (Å²) in [5, 5.41) is 12.3. The molecule has 0 bridgehead atoms. The van der Waals surface area contributed by atoms with E-state index in [2.05, 4.69) is 32.2 Å². The summed E-state index contributed by atoms with van der Waals surface area (Å²) in [6, 6.07) is 2.90. The predicted octanol–water partition coefficient (Wildman–Crippen LogP) is 3.09. The standard InChI is InChI=1S/C13H24N2/c1-4-11(2)9-12(3)15-10-13(5-6-13)7-8-14/h11-12,15H,4-7,9-10H2,1-3H3. The van der Waals surface area contributed by atoms with E-state index in [1.54, 1.807) is 0 Å². The van der Waals surface area contributed by atoms with Crippen LogP contribution in [0.1, 0.15) is 52.9 Å². The highest BCUT2D eigenvalue weighted by atomic mass is 14.9. The first kappa shape index (κ1) is 12.5. The monoisotopic (exact) mass is 208 g/mol. The molecule has 1 N–H and O–H groups in total. The molecule has 0 heterocycles. The van der Waals surface area contributed by atoms with Crippen molar-refractivity contribution in [1.29, 1.82) is 5.26 Å². The van der Waals surface area contributed by atoms with Crippen molar-refractivity contribution in [3.63, 3.8) is 0 Å². The van der Waals surface area contributed by atoms with E-state index in [4.69, 9.17) is 5.26 Å². The molecule has 1 aliphatic carbocycles. The summed E-state index contributed by atoms with van der Waals surface area (Å²) in [6.45, 7) is 7.85. The van der Waals surface area contributed by atoms with Crippen LogP contribution in [0.2, 0.25) is 0 Å². The van der Waals surface area contributed by atoms with Gasteiger partial charge in [-0.2, -0.15) is 5.26 Å². The number of rotatable bonds is 7. The van der Waals surface area contributed by atoms with Crippen LogP contribution in [-0.2, 0) is 0 Å². The summed E-state index contributed by atoms with van der Waals surface area (Å²) in [6.07, 6.45) is 5.72. The number of nitrogens with zero attached hydrogens (tertiary/aromatic N) is 1. The zero-order valence-electron chi connectivity index (χ0n) is 10.3. The molecule has 0 saturated heterocycles. The second-order valence-corrected chi connectivity index (χ2v) is 5.37. The van der Waals surface area contributed by atoms with Gasteiger partial charge in [0.1, 0.15) is 0 Å². The molecule has 0 amide bonds. The van der Waals surface area contributed by atoms with E-state index in [0.717, 1.165) is 18.9 Å². The maximum Gasteiger partial charge on any atom is 0.0628 e. The first-order valence-corrected chi connectivity index (χ1v) is 6.22. The third-order valence-electron chi connectivity index (χ3n) is 3.69. The summed E-state index contributed by atoms with van der Waals surface area (Å²) >= 11 is 0. The highest BCUT2D eigenvalue weighted by Crippen LogP contribution is 2.47. The quantitative estimate of drug-likeness (QED) is 0.698. The fourth-order valence-electron chi connectivity index (χ4n) is 2.00. The van der Waals surface area contributed by atoms with Crippen LogP contribution in [0, 0.1) is 22.7 Å². The second kappa shape index (κ2) is 5.51. The molecule has 2 heteroatoms. The fourth-order valence-corrected chi connectivity index (χ4v) is 2.00. The van der Waals surface area contributed by atoms with E-state index in [1.165, 1.54) is 25.7 Å². The van der Waals surface area contributed by atoms with E-state index in [0.29, 0.717) is 11.5 Å². The molecule has 2 unspecified atom stereocenters. The topological polar surface area (TPSA) is 35.8 Å². The van der Waals surface area contributed by atoms with Gasteiger partial charge in [-0.25, -0.2) is 0 Å². The fraction of sp³-hybridized carbons (Fsp3) is 0.923. The Kier molecular flexibility index (Phi) is 4.60. The van der Waals surface area contributed by atoms with Crippen LogP contribution in [0.4, 0.5) is 0 Å². The van der Waals surface area contributed by atoms with Gasteiger partial charge in [-0.3, -0.25) is 0 Å². The lowest BCUT2D eigenvalue weighted by molar-refractivity contribution is 0.372. The predicted molar refractivity (Wildman–Crippen MR) is 63.4 cm³/mol. The Labute approximate surface area is 94.1 Å². The van der Waals surface area contributed by atoms with E-state index >= 15 is 0 Å². The Hall–Kier alpha value is -0.550. The Bertz CT molecular complexity index is 225. The van der Waals surface area contributed by atoms with E-state index < -0.39 is 0 Å². The van der Waals surface area contributed by atoms with Crippen LogP contribution >= 0.6 is 0 Å². The molecule has 86 valence electrons. The van der Waals surface area contributed by atoms with Crippen molar-refractivity contribution in [2.24, 2.45) is 11.3 Å². The highest BCUT2D eigenvalue weighted by Gasteiger charge is 2.42. The lowest BCUT2D eigenvalue weighted by Crippen LogP contribution is -2.33. The minimum absolute atomic E-state index is 0.346. The third kappa shape index (κ3) is 4.22. The van der Waals surface area contributed by atoms with E-state index in [-0.39, 0.29) is 0 Å². The van der Waals surface area contributed by atoms with Crippen molar-refractivity contribution >= 4 is 0 Å². The molecule has 0 radical (unpaired) electrons. The maximum absolute atomic E-state index is 8.71. The molecule has 0 aromatic heterocycles. The molecule has 2 atom stereocenters. The van der Waals surface area contributed by atoms with Crippen molar-refractivity contribution in [1.82, 2.24) is 5.32 Å². The van der Waals surface area contributed by atoms with Gasteiger partial charge in [-0.15, -0.1) is 0 Å². The van der Waals surface area contributed by atoms with Crippen LogP contribution in [-0.4, -0.2) is 12.6 Å². The highest BCUT2D eigenvalue weighted by molar-refractivity contribution is 5.00. The van der Waals surface area contributed by atoms with Gasteiger partial charge in [0.05, 0.1) is 6.07 Å². The van der Waals surface area contributed by atoms with Gasteiger partial charge in [0.2, 0.25) is 0 Å². The molecular weight excluding hydrogens is 184 g/mol. The Morgan fingerprint density at radius 2 is 2.07 bits per heavy atom. The van der Waals surface area contributed by atoms with Crippen LogP contribution in [0.25, 0.3) is 0 Å². The Balaban J connectivity index is 2.17. The van der Waals surface area contributed by atoms with Crippen LogP contribution in [0.5, 0.6) is 0 Å². The summed E-state index contributed by atoms with van der Waals surface area (Å²) in [5.41, 5.74) is 0.346. The van der Waals surface area contributed by atoms with Gasteiger partial charge in [0.15, 0.2) is 0 Å². The number of nitriles is 1. The number of hydrogen-bond donors (Lipinski definition) is 1. The van der Waals surface area contributed by atoms with Gasteiger partial charge in [-0.1, -0.05) is 20.3 Å². The van der Waals surface area contributed by atoms with Gasteiger partial charge in [0, 0.05) is 19.0 Å². The third-order valence-corrected chi connectivity index (χ3v) is 3.69. The van der Waals surface area contributed by atoms with Crippen LogP contribution < -0.4 is 5.32 Å². The summed E-state index contributed by atoms with van der Waals surface area (Å²) in [7, 11) is 0. The molecule has 1 rings (SSSR count). The molecular formula is C13H24N2. The van der Waals surface area contributed by atoms with Crippen molar-refractivity contribution in [2.75, 3.05) is 6.54 Å². The maximum atomic E-state index is 8.71. The largest absolute Gasteiger partial charge is 0.314 e. The van der Waals surface area contributed by atoms with Crippen molar-refractivity contribution in [3.8, 4) is 6.07 Å². The number of nitrogens with one attached hydrogen (secondary N) is 1.